The predicted molar refractivity (Wildman–Crippen MR) is 85.4 cm³/mol. The highest BCUT2D eigenvalue weighted by molar-refractivity contribution is 6.31. The van der Waals surface area contributed by atoms with Gasteiger partial charge in [-0.2, -0.15) is 0 Å². The summed E-state index contributed by atoms with van der Waals surface area (Å²) in [7, 11) is 0. The van der Waals surface area contributed by atoms with Crippen LogP contribution < -0.4 is 4.74 Å². The number of benzene rings is 1. The molecule has 3 aromatic rings. The number of hydrogen-bond donors (Lipinski definition) is 1. The molecule has 0 aliphatic heterocycles. The Labute approximate surface area is 145 Å². The van der Waals surface area contributed by atoms with Crippen LogP contribution in [0.4, 0.5) is 9.18 Å². The van der Waals surface area contributed by atoms with E-state index in [-0.39, 0.29) is 10.9 Å². The highest BCUT2D eigenvalue weighted by Gasteiger charge is 2.16. The van der Waals surface area contributed by atoms with E-state index in [1.54, 1.807) is 6.07 Å². The molecule has 0 aliphatic carbocycles. The zero-order valence-corrected chi connectivity index (χ0v) is 13.3. The van der Waals surface area contributed by atoms with Gasteiger partial charge in [0.05, 0.1) is 21.4 Å². The van der Waals surface area contributed by atoms with Crippen molar-refractivity contribution in [2.45, 2.75) is 0 Å². The zero-order chi connectivity index (χ0) is 17.3. The summed E-state index contributed by atoms with van der Waals surface area (Å²) in [5, 5.41) is 13.1. The van der Waals surface area contributed by atoms with Crippen molar-refractivity contribution in [3.63, 3.8) is 0 Å². The average molecular weight is 368 g/mol. The molecule has 0 radical (unpaired) electrons. The highest BCUT2D eigenvalue weighted by Crippen LogP contribution is 2.29. The van der Waals surface area contributed by atoms with Crippen LogP contribution in [0.25, 0.3) is 16.9 Å². The Hall–Kier alpha value is -2.64. The minimum atomic E-state index is -1.51. The van der Waals surface area contributed by atoms with Gasteiger partial charge in [-0.05, 0) is 24.3 Å². The predicted octanol–water partition coefficient (Wildman–Crippen LogP) is 4.44. The molecular formula is C15H8Cl2FN3O3. The maximum Gasteiger partial charge on any atom is 0.512 e. The summed E-state index contributed by atoms with van der Waals surface area (Å²) in [4.78, 5) is 14.7. The molecule has 6 nitrogen and oxygen atoms in total. The van der Waals surface area contributed by atoms with Crippen LogP contribution in [0.5, 0.6) is 5.88 Å². The molecule has 3 rings (SSSR count). The number of ether oxygens (including phenoxy) is 1. The number of hydrogen-bond acceptors (Lipinski definition) is 4. The largest absolute Gasteiger partial charge is 0.512 e. The molecule has 1 N–H and O–H groups in total. The standard InChI is InChI=1S/C15H8Cl2FN3O3/c16-9-3-8(6-19-7-9)13-5-14(24-15(22)23)20-21(13)10-1-2-12(18)11(17)4-10/h1-7H,(H,22,23). The Morgan fingerprint density at radius 1 is 1.21 bits per heavy atom. The smallest absolute Gasteiger partial charge is 0.449 e. The first-order valence-electron chi connectivity index (χ1n) is 6.51. The molecule has 9 heteroatoms. The normalized spacial score (nSPS) is 10.6. The minimum absolute atomic E-state index is 0.0983. The quantitative estimate of drug-likeness (QED) is 0.692. The number of pyridine rings is 1. The second-order valence-electron chi connectivity index (χ2n) is 4.64. The van der Waals surface area contributed by atoms with Crippen LogP contribution in [0.1, 0.15) is 0 Å². The molecule has 0 aliphatic rings. The molecule has 0 fully saturated rings. The summed E-state index contributed by atoms with van der Waals surface area (Å²) >= 11 is 11.7. The molecule has 2 heterocycles. The van der Waals surface area contributed by atoms with Gasteiger partial charge >= 0.3 is 6.16 Å². The van der Waals surface area contributed by atoms with E-state index in [9.17, 15) is 9.18 Å². The number of rotatable bonds is 3. The van der Waals surface area contributed by atoms with E-state index < -0.39 is 12.0 Å². The van der Waals surface area contributed by atoms with Gasteiger partial charge in [-0.25, -0.2) is 13.9 Å². The van der Waals surface area contributed by atoms with Crippen LogP contribution in [-0.4, -0.2) is 26.0 Å². The molecule has 0 saturated carbocycles. The van der Waals surface area contributed by atoms with Gasteiger partial charge < -0.3 is 9.84 Å². The highest BCUT2D eigenvalue weighted by atomic mass is 35.5. The first kappa shape index (κ1) is 16.2. The summed E-state index contributed by atoms with van der Waals surface area (Å²) in [6, 6.07) is 7.00. The molecule has 2 aromatic heterocycles. The fraction of sp³-hybridized carbons (Fsp3) is 0. The van der Waals surface area contributed by atoms with Crippen LogP contribution >= 0.6 is 23.2 Å². The molecule has 122 valence electrons. The first-order chi connectivity index (χ1) is 11.4. The van der Waals surface area contributed by atoms with Crippen LogP contribution in [-0.2, 0) is 0 Å². The number of carbonyl (C=O) groups is 1. The van der Waals surface area contributed by atoms with E-state index in [4.69, 9.17) is 28.3 Å². The van der Waals surface area contributed by atoms with Crippen LogP contribution in [0.3, 0.4) is 0 Å². The summed E-state index contributed by atoms with van der Waals surface area (Å²) in [5.74, 6) is -0.738. The lowest BCUT2D eigenvalue weighted by Crippen LogP contribution is -2.04. The van der Waals surface area contributed by atoms with Gasteiger partial charge in [-0.1, -0.05) is 23.2 Å². The van der Waals surface area contributed by atoms with Gasteiger partial charge in [0, 0.05) is 24.0 Å². The molecule has 24 heavy (non-hydrogen) atoms. The lowest BCUT2D eigenvalue weighted by Gasteiger charge is -2.08. The number of nitrogens with zero attached hydrogens (tertiary/aromatic N) is 3. The van der Waals surface area contributed by atoms with E-state index in [0.29, 0.717) is 22.0 Å². The summed E-state index contributed by atoms with van der Waals surface area (Å²) in [6.07, 6.45) is 1.47. The van der Waals surface area contributed by atoms with Crippen molar-refractivity contribution in [1.29, 1.82) is 0 Å². The first-order valence-corrected chi connectivity index (χ1v) is 7.27. The van der Waals surface area contributed by atoms with Crippen LogP contribution in [0, 0.1) is 5.82 Å². The van der Waals surface area contributed by atoms with Crippen molar-refractivity contribution in [2.75, 3.05) is 0 Å². The van der Waals surface area contributed by atoms with Crippen molar-refractivity contribution < 1.29 is 19.0 Å². The number of halogens is 3. The van der Waals surface area contributed by atoms with E-state index in [1.807, 2.05) is 0 Å². The second-order valence-corrected chi connectivity index (χ2v) is 5.48. The zero-order valence-electron chi connectivity index (χ0n) is 11.8. The maximum absolute atomic E-state index is 13.4. The fourth-order valence-corrected chi connectivity index (χ4v) is 2.42. The number of aromatic nitrogens is 3. The third-order valence-electron chi connectivity index (χ3n) is 3.03. The Morgan fingerprint density at radius 3 is 2.67 bits per heavy atom. The van der Waals surface area contributed by atoms with Crippen molar-refractivity contribution in [1.82, 2.24) is 14.8 Å². The van der Waals surface area contributed by atoms with E-state index >= 15 is 0 Å². The van der Waals surface area contributed by atoms with Crippen LogP contribution in [0.2, 0.25) is 10.0 Å². The minimum Gasteiger partial charge on any atom is -0.449 e. The SMILES string of the molecule is O=C(O)Oc1cc(-c2cncc(Cl)c2)n(-c2ccc(F)c(Cl)c2)n1. The van der Waals surface area contributed by atoms with E-state index in [1.165, 1.54) is 41.3 Å². The Bertz CT molecular complexity index is 930. The van der Waals surface area contributed by atoms with Crippen molar-refractivity contribution in [3.8, 4) is 22.8 Å². The molecule has 0 spiro atoms. The molecule has 0 saturated heterocycles. The molecule has 1 aromatic carbocycles. The van der Waals surface area contributed by atoms with Crippen molar-refractivity contribution in [3.05, 3.63) is 58.6 Å². The third kappa shape index (κ3) is 3.32. The molecule has 0 atom stereocenters. The lowest BCUT2D eigenvalue weighted by atomic mass is 10.2. The van der Waals surface area contributed by atoms with E-state index in [2.05, 4.69) is 14.8 Å². The fourth-order valence-electron chi connectivity index (χ4n) is 2.07. The monoisotopic (exact) mass is 367 g/mol. The summed E-state index contributed by atoms with van der Waals surface area (Å²) in [5.41, 5.74) is 1.43. The van der Waals surface area contributed by atoms with Gasteiger partial charge in [-0.3, -0.25) is 4.98 Å². The van der Waals surface area contributed by atoms with E-state index in [0.717, 1.165) is 0 Å². The van der Waals surface area contributed by atoms with Crippen molar-refractivity contribution >= 4 is 29.4 Å². The van der Waals surface area contributed by atoms with Gasteiger partial charge in [0.1, 0.15) is 5.82 Å². The Morgan fingerprint density at radius 2 is 2.00 bits per heavy atom. The average Bonchev–Trinajstić information content (AvgIpc) is 2.93. The topological polar surface area (TPSA) is 77.2 Å². The van der Waals surface area contributed by atoms with Gasteiger partial charge in [0.2, 0.25) is 5.88 Å². The Balaban J connectivity index is 2.17. The van der Waals surface area contributed by atoms with Gasteiger partial charge in [-0.15, -0.1) is 5.10 Å². The van der Waals surface area contributed by atoms with Gasteiger partial charge in [0.15, 0.2) is 0 Å². The summed E-state index contributed by atoms with van der Waals surface area (Å²) in [6.45, 7) is 0. The molecule has 0 amide bonds. The van der Waals surface area contributed by atoms with Crippen molar-refractivity contribution in [2.24, 2.45) is 0 Å². The Kier molecular flexibility index (Phi) is 4.37. The lowest BCUT2D eigenvalue weighted by molar-refractivity contribution is 0.142. The molecular weight excluding hydrogens is 360 g/mol. The second kappa shape index (κ2) is 6.46. The third-order valence-corrected chi connectivity index (χ3v) is 3.52. The molecule has 0 bridgehead atoms. The van der Waals surface area contributed by atoms with Gasteiger partial charge in [0.25, 0.3) is 0 Å². The molecule has 0 unspecified atom stereocenters. The number of carboxylic acid groups (broad SMARTS) is 1. The van der Waals surface area contributed by atoms with Crippen LogP contribution in [0.15, 0.2) is 42.7 Å². The maximum atomic E-state index is 13.4. The summed E-state index contributed by atoms with van der Waals surface area (Å²) < 4.78 is 19.3.